The molecule has 0 N–H and O–H groups in total. The van der Waals surface area contributed by atoms with Gasteiger partial charge in [0.15, 0.2) is 5.01 Å². The van der Waals surface area contributed by atoms with Crippen molar-refractivity contribution in [3.8, 4) is 10.6 Å². The first-order valence-electron chi connectivity index (χ1n) is 6.42. The minimum atomic E-state index is -0.303. The highest BCUT2D eigenvalue weighted by Crippen LogP contribution is 2.38. The van der Waals surface area contributed by atoms with Crippen molar-refractivity contribution in [3.05, 3.63) is 59.9 Å². The normalized spacial score (nSPS) is 13.5. The molecule has 0 bridgehead atoms. The van der Waals surface area contributed by atoms with Gasteiger partial charge in [-0.2, -0.15) is 5.06 Å². The Balaban J connectivity index is 1.72. The molecule has 0 spiro atoms. The Morgan fingerprint density at radius 1 is 1.05 bits per heavy atom. The number of rotatable bonds is 2. The summed E-state index contributed by atoms with van der Waals surface area (Å²) in [5.41, 5.74) is 2.50. The zero-order valence-corrected chi connectivity index (χ0v) is 11.7. The summed E-state index contributed by atoms with van der Waals surface area (Å²) in [5, 5.41) is 11.0. The minimum Gasteiger partial charge on any atom is -0.261 e. The van der Waals surface area contributed by atoms with E-state index in [1.165, 1.54) is 17.4 Å². The van der Waals surface area contributed by atoms with Gasteiger partial charge >= 0.3 is 0 Å². The second-order valence-electron chi connectivity index (χ2n) is 4.57. The average molecular weight is 299 g/mol. The SMILES string of the molecule is Fc1ccccc1-c1nnc(N2OCc3ccccc32)s1. The van der Waals surface area contributed by atoms with Gasteiger partial charge in [-0.3, -0.25) is 4.84 Å². The van der Waals surface area contributed by atoms with Crippen LogP contribution in [0.25, 0.3) is 10.6 Å². The average Bonchev–Trinajstić information content (AvgIpc) is 3.14. The van der Waals surface area contributed by atoms with Crippen LogP contribution in [0.4, 0.5) is 15.2 Å². The Morgan fingerprint density at radius 2 is 1.86 bits per heavy atom. The molecule has 0 saturated heterocycles. The van der Waals surface area contributed by atoms with E-state index < -0.39 is 0 Å². The number of aromatic nitrogens is 2. The number of anilines is 2. The maximum Gasteiger partial charge on any atom is 0.237 e. The zero-order valence-electron chi connectivity index (χ0n) is 10.9. The summed E-state index contributed by atoms with van der Waals surface area (Å²) >= 11 is 1.30. The van der Waals surface area contributed by atoms with Crippen LogP contribution in [-0.2, 0) is 11.4 Å². The third-order valence-electron chi connectivity index (χ3n) is 3.25. The molecule has 21 heavy (non-hydrogen) atoms. The van der Waals surface area contributed by atoms with Crippen LogP contribution in [0.3, 0.4) is 0 Å². The van der Waals surface area contributed by atoms with Crippen LogP contribution in [0.1, 0.15) is 5.56 Å². The van der Waals surface area contributed by atoms with Gasteiger partial charge in [0.05, 0.1) is 5.69 Å². The standard InChI is InChI=1S/C15H10FN3OS/c16-12-7-3-2-6-11(12)14-17-18-15(21-14)19-13-8-4-1-5-10(13)9-20-19/h1-8H,9H2. The first kappa shape index (κ1) is 12.4. The van der Waals surface area contributed by atoms with Crippen molar-refractivity contribution in [1.82, 2.24) is 10.2 Å². The topological polar surface area (TPSA) is 38.2 Å². The van der Waals surface area contributed by atoms with Crippen molar-refractivity contribution >= 4 is 22.2 Å². The van der Waals surface area contributed by atoms with Crippen LogP contribution >= 0.6 is 11.3 Å². The highest BCUT2D eigenvalue weighted by Gasteiger charge is 2.25. The molecule has 0 unspecified atom stereocenters. The minimum absolute atomic E-state index is 0.303. The summed E-state index contributed by atoms with van der Waals surface area (Å²) in [7, 11) is 0. The fourth-order valence-corrected chi connectivity index (χ4v) is 3.08. The lowest BCUT2D eigenvalue weighted by molar-refractivity contribution is 0.145. The van der Waals surface area contributed by atoms with E-state index in [-0.39, 0.29) is 5.82 Å². The van der Waals surface area contributed by atoms with E-state index >= 15 is 0 Å². The third kappa shape index (κ3) is 2.09. The van der Waals surface area contributed by atoms with E-state index in [0.717, 1.165) is 11.3 Å². The molecule has 1 aliphatic rings. The second kappa shape index (κ2) is 4.91. The van der Waals surface area contributed by atoms with Crippen LogP contribution in [0.15, 0.2) is 48.5 Å². The summed E-state index contributed by atoms with van der Waals surface area (Å²) in [6.45, 7) is 0.505. The molecule has 104 valence electrons. The van der Waals surface area contributed by atoms with Gasteiger partial charge in [0, 0.05) is 11.1 Å². The van der Waals surface area contributed by atoms with Crippen molar-refractivity contribution in [2.24, 2.45) is 0 Å². The number of halogens is 1. The van der Waals surface area contributed by atoms with Gasteiger partial charge in [-0.1, -0.05) is 41.7 Å². The van der Waals surface area contributed by atoms with Crippen molar-refractivity contribution in [2.75, 3.05) is 5.06 Å². The van der Waals surface area contributed by atoms with Crippen LogP contribution in [0.5, 0.6) is 0 Å². The number of nitrogens with zero attached hydrogens (tertiary/aromatic N) is 3. The van der Waals surface area contributed by atoms with Crippen molar-refractivity contribution in [2.45, 2.75) is 6.61 Å². The van der Waals surface area contributed by atoms with E-state index in [1.54, 1.807) is 23.3 Å². The summed E-state index contributed by atoms with van der Waals surface area (Å²) in [5.74, 6) is -0.303. The summed E-state index contributed by atoms with van der Waals surface area (Å²) in [6, 6.07) is 14.4. The summed E-state index contributed by atoms with van der Waals surface area (Å²) < 4.78 is 13.8. The molecule has 2 heterocycles. The van der Waals surface area contributed by atoms with E-state index in [1.807, 2.05) is 24.3 Å². The molecule has 0 radical (unpaired) electrons. The molecule has 4 rings (SSSR count). The van der Waals surface area contributed by atoms with E-state index in [4.69, 9.17) is 4.84 Å². The lowest BCUT2D eigenvalue weighted by Crippen LogP contribution is -2.10. The van der Waals surface area contributed by atoms with Crippen LogP contribution in [-0.4, -0.2) is 10.2 Å². The Kier molecular flexibility index (Phi) is 2.90. The molecule has 0 saturated carbocycles. The molecule has 0 aliphatic carbocycles. The van der Waals surface area contributed by atoms with Crippen molar-refractivity contribution in [3.63, 3.8) is 0 Å². The molecule has 0 fully saturated rings. The molecule has 4 nitrogen and oxygen atoms in total. The number of hydrogen-bond acceptors (Lipinski definition) is 5. The Bertz CT molecular complexity index is 805. The Hall–Kier alpha value is -2.31. The third-order valence-corrected chi connectivity index (χ3v) is 4.18. The molecule has 1 aliphatic heterocycles. The maximum absolute atomic E-state index is 13.8. The number of benzene rings is 2. The van der Waals surface area contributed by atoms with E-state index in [0.29, 0.717) is 22.3 Å². The molecule has 1 aromatic heterocycles. The zero-order chi connectivity index (χ0) is 14.2. The lowest BCUT2D eigenvalue weighted by Gasteiger charge is -2.12. The smallest absolute Gasteiger partial charge is 0.237 e. The van der Waals surface area contributed by atoms with Crippen molar-refractivity contribution < 1.29 is 9.23 Å². The molecule has 2 aromatic carbocycles. The Morgan fingerprint density at radius 3 is 2.76 bits per heavy atom. The first-order chi connectivity index (χ1) is 10.3. The summed E-state index contributed by atoms with van der Waals surface area (Å²) in [6.07, 6.45) is 0. The van der Waals surface area contributed by atoms with Crippen molar-refractivity contribution in [1.29, 1.82) is 0 Å². The first-order valence-corrected chi connectivity index (χ1v) is 7.24. The molecule has 6 heteroatoms. The number of hydrogen-bond donors (Lipinski definition) is 0. The van der Waals surface area contributed by atoms with Gasteiger partial charge in [-0.15, -0.1) is 10.2 Å². The van der Waals surface area contributed by atoms with Crippen LogP contribution < -0.4 is 5.06 Å². The van der Waals surface area contributed by atoms with Gasteiger partial charge < -0.3 is 0 Å². The fourth-order valence-electron chi connectivity index (χ4n) is 2.23. The molecule has 0 amide bonds. The fraction of sp³-hybridized carbons (Fsp3) is 0.0667. The largest absolute Gasteiger partial charge is 0.261 e. The molecule has 0 atom stereocenters. The second-order valence-corrected chi connectivity index (χ2v) is 5.52. The maximum atomic E-state index is 13.8. The number of para-hydroxylation sites is 1. The van der Waals surface area contributed by atoms with E-state index in [2.05, 4.69) is 10.2 Å². The lowest BCUT2D eigenvalue weighted by atomic mass is 10.2. The predicted octanol–water partition coefficient (Wildman–Crippen LogP) is 3.93. The highest BCUT2D eigenvalue weighted by atomic mass is 32.1. The van der Waals surface area contributed by atoms with Gasteiger partial charge in [-0.05, 0) is 18.2 Å². The van der Waals surface area contributed by atoms with E-state index in [9.17, 15) is 4.39 Å². The number of fused-ring (bicyclic) bond motifs is 1. The predicted molar refractivity (Wildman–Crippen MR) is 78.7 cm³/mol. The monoisotopic (exact) mass is 299 g/mol. The van der Waals surface area contributed by atoms with Crippen LogP contribution in [0.2, 0.25) is 0 Å². The van der Waals surface area contributed by atoms with Gasteiger partial charge in [0.25, 0.3) is 0 Å². The molecule has 3 aromatic rings. The Labute approximate surface area is 124 Å². The van der Waals surface area contributed by atoms with Gasteiger partial charge in [0.1, 0.15) is 12.4 Å². The summed E-state index contributed by atoms with van der Waals surface area (Å²) in [4.78, 5) is 5.64. The highest BCUT2D eigenvalue weighted by molar-refractivity contribution is 7.18. The molecular weight excluding hydrogens is 289 g/mol. The van der Waals surface area contributed by atoms with Gasteiger partial charge in [0.2, 0.25) is 5.13 Å². The molecular formula is C15H10FN3OS. The van der Waals surface area contributed by atoms with Crippen LogP contribution in [0, 0.1) is 5.82 Å². The quantitative estimate of drug-likeness (QED) is 0.718. The van der Waals surface area contributed by atoms with Gasteiger partial charge in [-0.25, -0.2) is 4.39 Å².